The molecule has 2 fully saturated rings. The molecule has 2 aromatic carbocycles. The summed E-state index contributed by atoms with van der Waals surface area (Å²) in [4.78, 5) is 58.2. The fourth-order valence-corrected chi connectivity index (χ4v) is 7.42. The molecular weight excluding hydrogens is 899 g/mol. The van der Waals surface area contributed by atoms with Crippen LogP contribution in [0.1, 0.15) is 111 Å². The predicted molar refractivity (Wildman–Crippen MR) is 268 cm³/mol. The number of methoxy groups -OCH3 is 1. The van der Waals surface area contributed by atoms with Crippen LogP contribution in [0.25, 0.3) is 16.7 Å². The molecule has 13 nitrogen and oxygen atoms in total. The van der Waals surface area contributed by atoms with Crippen molar-refractivity contribution in [1.29, 1.82) is 0 Å². The van der Waals surface area contributed by atoms with Crippen LogP contribution in [-0.2, 0) is 14.3 Å². The van der Waals surface area contributed by atoms with Gasteiger partial charge in [-0.3, -0.25) is 14.4 Å². The molecule has 1 aromatic heterocycles. The number of ether oxygens (including phenoxy) is 2. The van der Waals surface area contributed by atoms with Crippen molar-refractivity contribution >= 4 is 52.9 Å². The van der Waals surface area contributed by atoms with Gasteiger partial charge in [0.15, 0.2) is 0 Å². The fraction of sp³-hybridized carbons (Fsp3) is 0.510. The van der Waals surface area contributed by atoms with Gasteiger partial charge < -0.3 is 40.1 Å². The van der Waals surface area contributed by atoms with E-state index in [1.165, 1.54) is 25.7 Å². The van der Waals surface area contributed by atoms with E-state index in [2.05, 4.69) is 56.1 Å². The maximum Gasteiger partial charge on any atom is 0.573 e. The molecule has 0 aliphatic carbocycles. The topological polar surface area (TPSA) is 145 Å². The summed E-state index contributed by atoms with van der Waals surface area (Å²) in [6.07, 6.45) is -0.673. The van der Waals surface area contributed by atoms with Crippen molar-refractivity contribution in [2.45, 2.75) is 108 Å². The van der Waals surface area contributed by atoms with Crippen LogP contribution in [0.5, 0.6) is 5.75 Å². The lowest BCUT2D eigenvalue weighted by molar-refractivity contribution is -0.274. The zero-order valence-electron chi connectivity index (χ0n) is 42.1. The number of alkyl carbamates (subject to hydrolysis) is 1. The molecule has 3 N–H and O–H groups in total. The van der Waals surface area contributed by atoms with E-state index in [4.69, 9.17) is 11.6 Å². The fourth-order valence-electron chi connectivity index (χ4n) is 7.21. The minimum atomic E-state index is -4.92. The second kappa shape index (κ2) is 27.9. The smallest absolute Gasteiger partial charge is 0.453 e. The van der Waals surface area contributed by atoms with Gasteiger partial charge in [0.2, 0.25) is 11.8 Å². The Balaban J connectivity index is 0.000000525. The molecule has 376 valence electrons. The van der Waals surface area contributed by atoms with Crippen molar-refractivity contribution in [2.24, 2.45) is 11.3 Å². The van der Waals surface area contributed by atoms with Gasteiger partial charge in [-0.15, -0.1) is 13.2 Å². The number of nitrogens with zero attached hydrogens (tertiary/aromatic N) is 4. The molecule has 17 heteroatoms. The lowest BCUT2D eigenvalue weighted by Gasteiger charge is -2.38. The van der Waals surface area contributed by atoms with Gasteiger partial charge in [-0.2, -0.15) is 0 Å². The van der Waals surface area contributed by atoms with Gasteiger partial charge in [0, 0.05) is 62.0 Å². The summed E-state index contributed by atoms with van der Waals surface area (Å²) in [5.74, 6) is 0.706. The van der Waals surface area contributed by atoms with Crippen molar-refractivity contribution in [1.82, 2.24) is 25.4 Å². The summed E-state index contributed by atoms with van der Waals surface area (Å²) in [7, 11) is 3.11. The Labute approximate surface area is 406 Å². The van der Waals surface area contributed by atoms with Crippen LogP contribution in [0, 0.1) is 11.3 Å². The van der Waals surface area contributed by atoms with Crippen LogP contribution in [0.4, 0.5) is 29.5 Å². The number of benzene rings is 2. The van der Waals surface area contributed by atoms with E-state index < -0.39 is 18.2 Å². The number of allylic oxidation sites excluding steroid dienone is 2. The Morgan fingerprint density at radius 2 is 1.56 bits per heavy atom. The Hall–Kier alpha value is -5.77. The number of hydrogen-bond donors (Lipinski definition) is 3. The largest absolute Gasteiger partial charge is 0.573 e. The van der Waals surface area contributed by atoms with E-state index in [9.17, 15) is 32.3 Å². The quantitative estimate of drug-likeness (QED) is 0.118. The lowest BCUT2D eigenvalue weighted by Crippen LogP contribution is -2.51. The summed E-state index contributed by atoms with van der Waals surface area (Å²) in [5, 5.41) is 9.15. The van der Waals surface area contributed by atoms with Gasteiger partial charge >= 0.3 is 12.5 Å². The zero-order valence-corrected chi connectivity index (χ0v) is 42.9. The number of anilines is 2. The number of hydrogen-bond acceptors (Lipinski definition) is 10. The average molecular weight is 973 g/mol. The highest BCUT2D eigenvalue weighted by atomic mass is 35.5. The van der Waals surface area contributed by atoms with Gasteiger partial charge in [-0.1, -0.05) is 116 Å². The van der Waals surface area contributed by atoms with Crippen LogP contribution < -0.4 is 25.6 Å². The lowest BCUT2D eigenvalue weighted by atomic mass is 9.94. The number of piperazine rings is 1. The van der Waals surface area contributed by atoms with Crippen molar-refractivity contribution in [3.63, 3.8) is 0 Å². The third kappa shape index (κ3) is 17.7. The molecular formula is C51H73ClF3N7O6. The Kier molecular flexibility index (Phi) is 23.9. The Morgan fingerprint density at radius 3 is 2.06 bits per heavy atom. The van der Waals surface area contributed by atoms with E-state index in [-0.39, 0.29) is 46.9 Å². The number of carbonyl (C=O) groups is 4. The first-order chi connectivity index (χ1) is 32.1. The molecule has 2 aliphatic heterocycles. The Morgan fingerprint density at radius 1 is 0.941 bits per heavy atom. The first-order valence-electron chi connectivity index (χ1n) is 23.2. The highest BCUT2D eigenvalue weighted by Crippen LogP contribution is 2.36. The number of aromatic nitrogens is 1. The maximum absolute atomic E-state index is 13.0. The average Bonchev–Trinajstić information content (AvgIpc) is 3.72. The summed E-state index contributed by atoms with van der Waals surface area (Å²) in [6, 6.07) is 14.4. The van der Waals surface area contributed by atoms with Gasteiger partial charge in [-0.05, 0) is 73.6 Å². The molecule has 2 saturated heterocycles. The maximum atomic E-state index is 13.0. The van der Waals surface area contributed by atoms with Gasteiger partial charge in [-0.25, -0.2) is 9.78 Å². The van der Waals surface area contributed by atoms with Crippen LogP contribution in [-0.4, -0.2) is 105 Å². The predicted octanol–water partition coefficient (Wildman–Crippen LogP) is 11.1. The van der Waals surface area contributed by atoms with Crippen LogP contribution in [0.3, 0.4) is 0 Å². The number of nitrogens with one attached hydrogen (secondary N) is 3. The number of amides is 3. The number of halogens is 4. The van der Waals surface area contributed by atoms with Gasteiger partial charge in [0.05, 0.1) is 25.0 Å². The monoisotopic (exact) mass is 972 g/mol. The third-order valence-corrected chi connectivity index (χ3v) is 11.2. The molecule has 0 radical (unpaired) electrons. The number of carbonyl (C=O) groups excluding carboxylic acids is 4. The minimum Gasteiger partial charge on any atom is -0.453 e. The molecule has 5 rings (SSSR count). The van der Waals surface area contributed by atoms with Gasteiger partial charge in [0.25, 0.3) is 0 Å². The molecule has 3 aromatic rings. The summed E-state index contributed by atoms with van der Waals surface area (Å²) in [5.41, 5.74) is 4.59. The molecule has 2 atom stereocenters. The first kappa shape index (κ1) is 58.4. The molecule has 2 aliphatic rings. The van der Waals surface area contributed by atoms with Crippen molar-refractivity contribution < 1.29 is 41.8 Å². The standard InChI is InChI=1S/C31H35ClF3N3O5.C15H24N4O.C3H8.C2H6/c1-6-19(3)28(25-13-18(2)16-38(25)27(40)15-36-30(41)42-5)37-29(32)20(4)22-8-10-23(11-9-22)24-12-7-21(17-39)14-26(24)43-31(33,34)35;1-15(2,3)14(20)19-9-7-18(8-10-19)13-6-5-12(16-4)11-17-13;1-3-2;1-2/h7-12,14,17-18,25,37H,6,13,15-16H2,1-5H3,(H,36,41);5-6,11,16H,7-10H2,1-4H3;3H2,1-2H3;1-2H3/b28-19+,29-20+;;;. The molecule has 0 spiro atoms. The number of pyridine rings is 1. The normalized spacial score (nSPS) is 16.5. The SMILES string of the molecule is CC.CC/C(C)=C(/N/C(Cl)=C(\C)c1ccc(-c2ccc(C=O)cc2OC(F)(F)F)cc1)C1CC(C)CN1C(=O)CNC(=O)OC.CCC.CNc1ccc(N2CCN(C(=O)C(C)(C)C)CC2)nc1. The summed E-state index contributed by atoms with van der Waals surface area (Å²) >= 11 is 6.79. The van der Waals surface area contributed by atoms with Crippen molar-refractivity contribution in [3.8, 4) is 16.9 Å². The highest BCUT2D eigenvalue weighted by molar-refractivity contribution is 6.32. The number of aldehydes is 1. The van der Waals surface area contributed by atoms with E-state index >= 15 is 0 Å². The second-order valence-corrected chi connectivity index (χ2v) is 17.6. The van der Waals surface area contributed by atoms with Crippen LogP contribution >= 0.6 is 11.6 Å². The molecule has 3 heterocycles. The second-order valence-electron chi connectivity index (χ2n) is 17.2. The number of likely N-dealkylation sites (tertiary alicyclic amines) is 1. The van der Waals surface area contributed by atoms with Crippen LogP contribution in [0.2, 0.25) is 0 Å². The van der Waals surface area contributed by atoms with E-state index in [1.807, 2.05) is 78.7 Å². The molecule has 3 amide bonds. The molecule has 68 heavy (non-hydrogen) atoms. The van der Waals surface area contributed by atoms with E-state index in [1.54, 1.807) is 36.1 Å². The van der Waals surface area contributed by atoms with E-state index in [0.717, 1.165) is 55.0 Å². The van der Waals surface area contributed by atoms with E-state index in [0.29, 0.717) is 47.5 Å². The highest BCUT2D eigenvalue weighted by Gasteiger charge is 2.37. The number of alkyl halides is 3. The number of rotatable bonds is 12. The molecule has 0 saturated carbocycles. The Bertz CT molecular complexity index is 2150. The zero-order chi connectivity index (χ0) is 51.4. The first-order valence-corrected chi connectivity index (χ1v) is 23.6. The molecule has 2 unspecified atom stereocenters. The molecule has 0 bridgehead atoms. The minimum absolute atomic E-state index is 0.0548. The van der Waals surface area contributed by atoms with Crippen LogP contribution in [0.15, 0.2) is 77.2 Å². The third-order valence-electron chi connectivity index (χ3n) is 10.9. The summed E-state index contributed by atoms with van der Waals surface area (Å²) < 4.78 is 47.8. The van der Waals surface area contributed by atoms with Crippen molar-refractivity contribution in [2.75, 3.05) is 63.6 Å². The summed E-state index contributed by atoms with van der Waals surface area (Å²) in [6.45, 7) is 25.5. The van der Waals surface area contributed by atoms with Crippen molar-refractivity contribution in [3.05, 3.63) is 88.3 Å². The van der Waals surface area contributed by atoms with Gasteiger partial charge in [0.1, 0.15) is 29.6 Å².